The average Bonchev–Trinajstić information content (AvgIpc) is 2.79. The third-order valence-corrected chi connectivity index (χ3v) is 9.10. The quantitative estimate of drug-likeness (QED) is 0.688. The Morgan fingerprint density at radius 3 is 2.66 bits per heavy atom. The molecule has 0 radical (unpaired) electrons. The summed E-state index contributed by atoms with van der Waals surface area (Å²) in [4.78, 5) is 22.0. The zero-order chi connectivity index (χ0) is 22.3. The Kier molecular flexibility index (Phi) is 6.15. The Labute approximate surface area is 191 Å². The molecular formula is C23H35N5O3S. The minimum Gasteiger partial charge on any atom is -0.354 e. The fraction of sp³-hybridized carbons (Fsp3) is 0.739. The molecule has 3 aliphatic heterocycles. The highest BCUT2D eigenvalue weighted by Gasteiger charge is 2.47. The van der Waals surface area contributed by atoms with Gasteiger partial charge in [0.25, 0.3) is 0 Å². The van der Waals surface area contributed by atoms with Crippen molar-refractivity contribution in [3.63, 3.8) is 0 Å². The van der Waals surface area contributed by atoms with Crippen LogP contribution in [0, 0.1) is 17.8 Å². The molecule has 2 N–H and O–H groups in total. The van der Waals surface area contributed by atoms with Crippen LogP contribution in [0.15, 0.2) is 23.2 Å². The number of carbonyl (C=O) groups excluding carboxylic acids is 1. The van der Waals surface area contributed by atoms with Crippen molar-refractivity contribution in [2.75, 3.05) is 50.4 Å². The van der Waals surface area contributed by atoms with Crippen LogP contribution in [0.25, 0.3) is 0 Å². The first-order valence-electron chi connectivity index (χ1n) is 12.1. The van der Waals surface area contributed by atoms with Gasteiger partial charge in [0.15, 0.2) is 9.84 Å². The van der Waals surface area contributed by atoms with Crippen molar-refractivity contribution in [2.24, 2.45) is 17.8 Å². The molecular weight excluding hydrogens is 426 g/mol. The molecule has 3 saturated heterocycles. The van der Waals surface area contributed by atoms with Crippen molar-refractivity contribution in [1.82, 2.24) is 20.5 Å². The van der Waals surface area contributed by atoms with E-state index in [9.17, 15) is 13.2 Å². The van der Waals surface area contributed by atoms with E-state index in [1.54, 1.807) is 6.07 Å². The smallest absolute Gasteiger partial charge is 0.224 e. The van der Waals surface area contributed by atoms with E-state index >= 15 is 0 Å². The molecule has 4 heterocycles. The average molecular weight is 462 g/mol. The van der Waals surface area contributed by atoms with Crippen LogP contribution >= 0.6 is 0 Å². The standard InChI is InChI=1S/C23H35N5O3S/c1-32(30,31)17-5-7-21(25-14-17)28-11-9-27(10-12-28)15-16-4-6-18-20(13-16)26-23(29)19-3-2-8-24-22(18)19/h5,7,14,16,18-20,22,24H,2-4,6,8-13,15H2,1H3,(H,26,29). The number of carbonyl (C=O) groups is 1. The molecule has 5 rings (SSSR count). The lowest BCUT2D eigenvalue weighted by atomic mass is 9.67. The van der Waals surface area contributed by atoms with Gasteiger partial charge < -0.3 is 15.5 Å². The van der Waals surface area contributed by atoms with E-state index in [1.807, 2.05) is 6.07 Å². The summed E-state index contributed by atoms with van der Waals surface area (Å²) in [6.45, 7) is 5.91. The van der Waals surface area contributed by atoms with Gasteiger partial charge in [0.05, 0.1) is 10.8 Å². The molecule has 0 spiro atoms. The summed E-state index contributed by atoms with van der Waals surface area (Å²) in [6.07, 6.45) is 8.36. The predicted octanol–water partition coefficient (Wildman–Crippen LogP) is 0.890. The fourth-order valence-electron chi connectivity index (χ4n) is 6.29. The van der Waals surface area contributed by atoms with E-state index < -0.39 is 9.84 Å². The Balaban J connectivity index is 1.12. The molecule has 8 nitrogen and oxygen atoms in total. The Morgan fingerprint density at radius 1 is 1.12 bits per heavy atom. The molecule has 5 unspecified atom stereocenters. The maximum Gasteiger partial charge on any atom is 0.224 e. The second kappa shape index (κ2) is 8.91. The lowest BCUT2D eigenvalue weighted by Gasteiger charge is -2.50. The van der Waals surface area contributed by atoms with Crippen LogP contribution in [0.2, 0.25) is 0 Å². The van der Waals surface area contributed by atoms with Gasteiger partial charge in [-0.2, -0.15) is 0 Å². The number of piperidine rings is 2. The normalized spacial score (nSPS) is 33.8. The summed E-state index contributed by atoms with van der Waals surface area (Å²) in [6, 6.07) is 4.17. The lowest BCUT2D eigenvalue weighted by molar-refractivity contribution is -0.133. The van der Waals surface area contributed by atoms with Crippen molar-refractivity contribution >= 4 is 21.6 Å². The van der Waals surface area contributed by atoms with Gasteiger partial charge in [0.1, 0.15) is 5.82 Å². The highest BCUT2D eigenvalue weighted by atomic mass is 32.2. The molecule has 1 aromatic rings. The SMILES string of the molecule is CS(=O)(=O)c1ccc(N2CCN(CC3CCC4C(C3)NC(=O)C3CCCNC34)CC2)nc1. The van der Waals surface area contributed by atoms with E-state index in [0.717, 1.165) is 64.3 Å². The zero-order valence-corrected chi connectivity index (χ0v) is 19.7. The predicted molar refractivity (Wildman–Crippen MR) is 123 cm³/mol. The van der Waals surface area contributed by atoms with Crippen molar-refractivity contribution in [1.29, 1.82) is 0 Å². The van der Waals surface area contributed by atoms with Gasteiger partial charge in [0, 0.05) is 57.3 Å². The number of hydrogen-bond acceptors (Lipinski definition) is 7. The zero-order valence-electron chi connectivity index (χ0n) is 18.9. The minimum atomic E-state index is -3.21. The van der Waals surface area contributed by atoms with Gasteiger partial charge >= 0.3 is 0 Å². The first-order valence-corrected chi connectivity index (χ1v) is 13.9. The van der Waals surface area contributed by atoms with Gasteiger partial charge in [-0.05, 0) is 62.6 Å². The van der Waals surface area contributed by atoms with Crippen LogP contribution in [-0.4, -0.2) is 81.8 Å². The third-order valence-electron chi connectivity index (χ3n) is 8.01. The molecule has 4 aliphatic rings. The van der Waals surface area contributed by atoms with E-state index in [0.29, 0.717) is 23.9 Å². The molecule has 176 valence electrons. The van der Waals surface area contributed by atoms with Gasteiger partial charge in [-0.1, -0.05) is 0 Å². The van der Waals surface area contributed by atoms with E-state index in [2.05, 4.69) is 25.4 Å². The number of hydrogen-bond donors (Lipinski definition) is 2. The number of anilines is 1. The highest BCUT2D eigenvalue weighted by Crippen LogP contribution is 2.39. The number of nitrogens with zero attached hydrogens (tertiary/aromatic N) is 3. The maximum atomic E-state index is 12.6. The summed E-state index contributed by atoms with van der Waals surface area (Å²) < 4.78 is 23.3. The van der Waals surface area contributed by atoms with Crippen molar-refractivity contribution < 1.29 is 13.2 Å². The van der Waals surface area contributed by atoms with Crippen LogP contribution in [0.5, 0.6) is 0 Å². The number of fused-ring (bicyclic) bond motifs is 3. The molecule has 1 aliphatic carbocycles. The summed E-state index contributed by atoms with van der Waals surface area (Å²) >= 11 is 0. The van der Waals surface area contributed by atoms with Gasteiger partial charge in [-0.3, -0.25) is 9.69 Å². The third kappa shape index (κ3) is 4.52. The number of aromatic nitrogens is 1. The summed E-state index contributed by atoms with van der Waals surface area (Å²) in [5.74, 6) is 2.52. The summed E-state index contributed by atoms with van der Waals surface area (Å²) in [5.41, 5.74) is 0. The van der Waals surface area contributed by atoms with Crippen LogP contribution in [0.3, 0.4) is 0 Å². The lowest BCUT2D eigenvalue weighted by Crippen LogP contribution is -2.64. The number of piperazine rings is 1. The van der Waals surface area contributed by atoms with E-state index in [4.69, 9.17) is 0 Å². The van der Waals surface area contributed by atoms with Crippen molar-refractivity contribution in [3.8, 4) is 0 Å². The monoisotopic (exact) mass is 461 g/mol. The topological polar surface area (TPSA) is 94.6 Å². The number of sulfone groups is 1. The van der Waals surface area contributed by atoms with E-state index in [1.165, 1.54) is 25.3 Å². The molecule has 0 bridgehead atoms. The van der Waals surface area contributed by atoms with Gasteiger partial charge in [-0.15, -0.1) is 0 Å². The van der Waals surface area contributed by atoms with Crippen LogP contribution in [0.4, 0.5) is 5.82 Å². The Bertz CT molecular complexity index is 929. The molecule has 32 heavy (non-hydrogen) atoms. The molecule has 1 aromatic heterocycles. The molecule has 1 saturated carbocycles. The largest absolute Gasteiger partial charge is 0.354 e. The molecule has 0 aromatic carbocycles. The van der Waals surface area contributed by atoms with Crippen molar-refractivity contribution in [2.45, 2.75) is 49.1 Å². The maximum absolute atomic E-state index is 12.6. The molecule has 5 atom stereocenters. The van der Waals surface area contributed by atoms with Gasteiger partial charge in [0.2, 0.25) is 5.91 Å². The molecule has 1 amide bonds. The number of rotatable bonds is 4. The van der Waals surface area contributed by atoms with Crippen LogP contribution in [-0.2, 0) is 14.6 Å². The second-order valence-corrected chi connectivity index (χ2v) is 12.1. The number of pyridine rings is 1. The fourth-order valence-corrected chi connectivity index (χ4v) is 6.85. The Hall–Kier alpha value is -1.71. The van der Waals surface area contributed by atoms with Crippen LogP contribution in [0.1, 0.15) is 32.1 Å². The highest BCUT2D eigenvalue weighted by molar-refractivity contribution is 7.90. The molecule has 9 heteroatoms. The van der Waals surface area contributed by atoms with Crippen molar-refractivity contribution in [3.05, 3.63) is 18.3 Å². The second-order valence-electron chi connectivity index (χ2n) is 10.1. The number of amides is 1. The minimum absolute atomic E-state index is 0.176. The van der Waals surface area contributed by atoms with E-state index in [-0.39, 0.29) is 16.7 Å². The summed E-state index contributed by atoms with van der Waals surface area (Å²) in [5, 5.41) is 7.03. The first-order chi connectivity index (χ1) is 15.4. The molecule has 4 fully saturated rings. The number of nitrogens with one attached hydrogen (secondary N) is 2. The summed E-state index contributed by atoms with van der Waals surface area (Å²) in [7, 11) is -3.21. The first kappa shape index (κ1) is 22.1. The van der Waals surface area contributed by atoms with Gasteiger partial charge in [-0.25, -0.2) is 13.4 Å². The van der Waals surface area contributed by atoms with Crippen LogP contribution < -0.4 is 15.5 Å². The Morgan fingerprint density at radius 2 is 1.94 bits per heavy atom.